The Hall–Kier alpha value is -8.24. The maximum Gasteiger partial charge on any atom is 0.135 e. The number of aryl methyl sites for hydroxylation is 1. The van der Waals surface area contributed by atoms with Crippen molar-refractivity contribution in [1.82, 2.24) is 0 Å². The van der Waals surface area contributed by atoms with Crippen molar-refractivity contribution in [1.29, 1.82) is 0 Å². The van der Waals surface area contributed by atoms with Gasteiger partial charge in [-0.2, -0.15) is 0 Å². The minimum absolute atomic E-state index is 0.883. The van der Waals surface area contributed by atoms with Crippen molar-refractivity contribution in [3.8, 4) is 33.4 Å². The van der Waals surface area contributed by atoms with E-state index in [1.54, 1.807) is 0 Å². The van der Waals surface area contributed by atoms with E-state index in [0.717, 1.165) is 46.1 Å². The maximum atomic E-state index is 6.37. The molecule has 14 aromatic rings. The second-order valence-electron chi connectivity index (χ2n) is 18.1. The molecule has 0 aliphatic heterocycles. The first-order valence-corrected chi connectivity index (χ1v) is 24.0. The number of furan rings is 2. The van der Waals surface area contributed by atoms with Gasteiger partial charge in [-0.15, -0.1) is 11.3 Å². The summed E-state index contributed by atoms with van der Waals surface area (Å²) in [6.45, 7) is 0. The quantitative estimate of drug-likeness (QED) is 0.165. The molecule has 1 aliphatic carbocycles. The summed E-state index contributed by atoms with van der Waals surface area (Å²) in [5.74, 6) is 1.09. The van der Waals surface area contributed by atoms with Crippen LogP contribution < -0.4 is 0 Å². The van der Waals surface area contributed by atoms with E-state index >= 15 is 0 Å². The summed E-state index contributed by atoms with van der Waals surface area (Å²) in [5.41, 5.74) is 14.2. The monoisotopic (exact) mass is 870 g/mol. The van der Waals surface area contributed by atoms with E-state index in [1.165, 1.54) is 119 Å². The van der Waals surface area contributed by atoms with Gasteiger partial charge in [-0.3, -0.25) is 0 Å². The third-order valence-corrected chi connectivity index (χ3v) is 15.7. The highest BCUT2D eigenvalue weighted by Gasteiger charge is 2.25. The fourth-order valence-electron chi connectivity index (χ4n) is 11.7. The van der Waals surface area contributed by atoms with Crippen LogP contribution in [-0.2, 0) is 6.42 Å². The standard InChI is InChI=1S/C64H38O2S/c1-3-18-44-42(16-1)60(37-28-31-56-51(34-37)40-14-9-11-25-54(40)65-56)43-17-2-4-19-45(43)62(44)39-30-33-58-53(36-39)64-50(24-13-27-59(64)67-58)63-48-22-7-5-20-46(48)61(47-21-6-8-23-49(47)63)38-29-32-57-52(35-38)41-15-10-12-26-55(41)66-57/h1-28,30-31,33-36H,29,32H2. The molecule has 0 bridgehead atoms. The molecule has 0 saturated carbocycles. The van der Waals surface area contributed by atoms with Crippen molar-refractivity contribution in [3.63, 3.8) is 0 Å². The molecule has 2 nitrogen and oxygen atoms in total. The molecule has 0 fully saturated rings. The normalized spacial score (nSPS) is 13.0. The van der Waals surface area contributed by atoms with Gasteiger partial charge in [0.05, 0.1) is 0 Å². The van der Waals surface area contributed by atoms with E-state index in [4.69, 9.17) is 8.83 Å². The van der Waals surface area contributed by atoms with E-state index in [2.05, 4.69) is 200 Å². The van der Waals surface area contributed by atoms with Gasteiger partial charge in [-0.1, -0.05) is 158 Å². The molecule has 0 spiro atoms. The van der Waals surface area contributed by atoms with Gasteiger partial charge in [0.1, 0.15) is 22.5 Å². The summed E-state index contributed by atoms with van der Waals surface area (Å²) in [6, 6.07) is 73.7. The Morgan fingerprint density at radius 2 is 0.821 bits per heavy atom. The van der Waals surface area contributed by atoms with E-state index in [1.807, 2.05) is 17.4 Å². The fourth-order valence-corrected chi connectivity index (χ4v) is 12.9. The zero-order chi connectivity index (χ0) is 43.7. The lowest BCUT2D eigenvalue weighted by atomic mass is 9.82. The van der Waals surface area contributed by atoms with Gasteiger partial charge in [0.15, 0.2) is 0 Å². The van der Waals surface area contributed by atoms with Crippen LogP contribution in [0.2, 0.25) is 0 Å². The van der Waals surface area contributed by atoms with Crippen molar-refractivity contribution in [2.45, 2.75) is 12.8 Å². The van der Waals surface area contributed by atoms with Gasteiger partial charge in [0.25, 0.3) is 0 Å². The molecule has 15 rings (SSSR count). The van der Waals surface area contributed by atoms with Gasteiger partial charge in [-0.05, 0) is 143 Å². The molecule has 0 atom stereocenters. The average molecular weight is 871 g/mol. The molecular formula is C64H38O2S. The summed E-state index contributed by atoms with van der Waals surface area (Å²) in [5, 5.41) is 16.1. The molecule has 3 aromatic heterocycles. The third-order valence-electron chi connectivity index (χ3n) is 14.6. The van der Waals surface area contributed by atoms with Gasteiger partial charge >= 0.3 is 0 Å². The van der Waals surface area contributed by atoms with Crippen molar-refractivity contribution >= 4 is 119 Å². The first-order chi connectivity index (χ1) is 33.2. The molecule has 0 radical (unpaired) electrons. The lowest BCUT2D eigenvalue weighted by molar-refractivity contribution is 0.548. The van der Waals surface area contributed by atoms with Crippen molar-refractivity contribution < 1.29 is 8.83 Å². The Kier molecular flexibility index (Phi) is 7.81. The molecule has 11 aromatic carbocycles. The van der Waals surface area contributed by atoms with E-state index in [0.29, 0.717) is 0 Å². The number of benzene rings is 11. The van der Waals surface area contributed by atoms with Crippen LogP contribution in [0.3, 0.4) is 0 Å². The highest BCUT2D eigenvalue weighted by molar-refractivity contribution is 7.26. The van der Waals surface area contributed by atoms with E-state index in [9.17, 15) is 0 Å². The Morgan fingerprint density at radius 1 is 0.328 bits per heavy atom. The fraction of sp³-hybridized carbons (Fsp3) is 0.0312. The largest absolute Gasteiger partial charge is 0.460 e. The second kappa shape index (κ2) is 14.1. The molecule has 0 amide bonds. The molecule has 67 heavy (non-hydrogen) atoms. The van der Waals surface area contributed by atoms with Crippen molar-refractivity contribution in [3.05, 3.63) is 217 Å². The van der Waals surface area contributed by atoms with E-state index < -0.39 is 0 Å². The van der Waals surface area contributed by atoms with Crippen LogP contribution in [0.4, 0.5) is 0 Å². The lowest BCUT2D eigenvalue weighted by Gasteiger charge is -2.21. The summed E-state index contributed by atoms with van der Waals surface area (Å²) in [4.78, 5) is 0. The molecule has 1 aliphatic rings. The number of fused-ring (bicyclic) bond motifs is 13. The zero-order valence-corrected chi connectivity index (χ0v) is 37.1. The van der Waals surface area contributed by atoms with Gasteiger partial charge in [0, 0.05) is 48.3 Å². The van der Waals surface area contributed by atoms with Crippen LogP contribution in [0.5, 0.6) is 0 Å². The number of hydrogen-bond donors (Lipinski definition) is 0. The van der Waals surface area contributed by atoms with Gasteiger partial charge < -0.3 is 8.83 Å². The first kappa shape index (κ1) is 37.0. The lowest BCUT2D eigenvalue weighted by Crippen LogP contribution is -1.99. The van der Waals surface area contributed by atoms with Gasteiger partial charge in [-0.25, -0.2) is 0 Å². The summed E-state index contributed by atoms with van der Waals surface area (Å²) >= 11 is 1.89. The summed E-state index contributed by atoms with van der Waals surface area (Å²) in [7, 11) is 0. The van der Waals surface area contributed by atoms with Crippen LogP contribution >= 0.6 is 11.3 Å². The molecule has 0 N–H and O–H groups in total. The van der Waals surface area contributed by atoms with Crippen LogP contribution in [0.1, 0.15) is 23.3 Å². The number of thiophene rings is 1. The minimum Gasteiger partial charge on any atom is -0.460 e. The molecule has 0 saturated heterocycles. The number of allylic oxidation sites excluding steroid dienone is 1. The zero-order valence-electron chi connectivity index (χ0n) is 36.3. The molecular weight excluding hydrogens is 833 g/mol. The van der Waals surface area contributed by atoms with Gasteiger partial charge in [0.2, 0.25) is 0 Å². The average Bonchev–Trinajstić information content (AvgIpc) is 4.08. The van der Waals surface area contributed by atoms with E-state index in [-0.39, 0.29) is 0 Å². The van der Waals surface area contributed by atoms with Crippen LogP contribution in [0.15, 0.2) is 209 Å². The molecule has 3 heteroatoms. The summed E-state index contributed by atoms with van der Waals surface area (Å²) < 4.78 is 15.2. The molecule has 312 valence electrons. The molecule has 3 heterocycles. The Balaban J connectivity index is 0.962. The Bertz CT molecular complexity index is 4340. The summed E-state index contributed by atoms with van der Waals surface area (Å²) in [6.07, 6.45) is 4.22. The minimum atomic E-state index is 0.883. The third kappa shape index (κ3) is 5.38. The Labute approximate surface area is 389 Å². The van der Waals surface area contributed by atoms with Crippen LogP contribution in [0.25, 0.3) is 141 Å². The van der Waals surface area contributed by atoms with Crippen LogP contribution in [0, 0.1) is 0 Å². The van der Waals surface area contributed by atoms with Crippen molar-refractivity contribution in [2.75, 3.05) is 0 Å². The highest BCUT2D eigenvalue weighted by Crippen LogP contribution is 2.51. The SMILES string of the molecule is C1=C(c2c3ccccc3c(-c3cccc4sc5ccc(-c6c7ccccc7c(-c7ccc8oc9ccccc9c8c7)c7ccccc67)cc5c34)c3ccccc23)CCc2oc3ccccc3c21. The predicted molar refractivity (Wildman–Crippen MR) is 285 cm³/mol. The smallest absolute Gasteiger partial charge is 0.135 e. The first-order valence-electron chi connectivity index (χ1n) is 23.2. The van der Waals surface area contributed by atoms with Crippen LogP contribution in [-0.4, -0.2) is 0 Å². The molecule has 0 unspecified atom stereocenters. The maximum absolute atomic E-state index is 6.37. The number of hydrogen-bond acceptors (Lipinski definition) is 3. The second-order valence-corrected chi connectivity index (χ2v) is 19.2. The topological polar surface area (TPSA) is 26.3 Å². The Morgan fingerprint density at radius 3 is 1.45 bits per heavy atom. The number of para-hydroxylation sites is 2. The highest BCUT2D eigenvalue weighted by atomic mass is 32.1. The number of rotatable bonds is 4. The van der Waals surface area contributed by atoms with Crippen molar-refractivity contribution in [2.24, 2.45) is 0 Å². The predicted octanol–water partition coefficient (Wildman–Crippen LogP) is 18.8.